The Morgan fingerprint density at radius 2 is 1.80 bits per heavy atom. The predicted molar refractivity (Wildman–Crippen MR) is 127 cm³/mol. The maximum atomic E-state index is 12.7. The van der Waals surface area contributed by atoms with Gasteiger partial charge in [0.1, 0.15) is 0 Å². The van der Waals surface area contributed by atoms with Gasteiger partial charge in [-0.3, -0.25) is 14.6 Å². The zero-order chi connectivity index (χ0) is 20.6. The highest BCUT2D eigenvalue weighted by Crippen LogP contribution is 2.22. The molecule has 0 spiro atoms. The van der Waals surface area contributed by atoms with E-state index in [0.29, 0.717) is 12.6 Å². The lowest BCUT2D eigenvalue weighted by Gasteiger charge is -2.26. The summed E-state index contributed by atoms with van der Waals surface area (Å²) >= 11 is 2.03. The van der Waals surface area contributed by atoms with Crippen molar-refractivity contribution in [3.05, 3.63) is 65.7 Å². The monoisotopic (exact) mass is 423 g/mol. The van der Waals surface area contributed by atoms with E-state index in [0.717, 1.165) is 44.7 Å². The van der Waals surface area contributed by atoms with Crippen LogP contribution in [-0.2, 0) is 17.8 Å². The van der Waals surface area contributed by atoms with Crippen LogP contribution in [0.1, 0.15) is 30.4 Å². The van der Waals surface area contributed by atoms with E-state index >= 15 is 0 Å². The van der Waals surface area contributed by atoms with Crippen LogP contribution in [0.25, 0.3) is 0 Å². The summed E-state index contributed by atoms with van der Waals surface area (Å²) in [5.74, 6) is 2.54. The van der Waals surface area contributed by atoms with E-state index in [1.807, 2.05) is 17.8 Å². The average Bonchev–Trinajstić information content (AvgIpc) is 3.20. The van der Waals surface area contributed by atoms with Crippen molar-refractivity contribution in [2.24, 2.45) is 0 Å². The largest absolute Gasteiger partial charge is 0.325 e. The van der Waals surface area contributed by atoms with Crippen LogP contribution < -0.4 is 5.32 Å². The molecule has 1 unspecified atom stereocenters. The third kappa shape index (κ3) is 6.34. The molecule has 0 radical (unpaired) electrons. The van der Waals surface area contributed by atoms with Crippen molar-refractivity contribution in [3.63, 3.8) is 0 Å². The Morgan fingerprint density at radius 1 is 1.00 bits per heavy atom. The maximum Gasteiger partial charge on any atom is 0.238 e. The normalized spacial score (nSPS) is 20.3. The summed E-state index contributed by atoms with van der Waals surface area (Å²) in [6, 6.07) is 19.5. The fourth-order valence-corrected chi connectivity index (χ4v) is 5.54. The molecular weight excluding hydrogens is 390 g/mol. The lowest BCUT2D eigenvalue weighted by molar-refractivity contribution is -0.117. The van der Waals surface area contributed by atoms with Crippen molar-refractivity contribution in [1.82, 2.24) is 9.80 Å². The number of hydrogen-bond acceptors (Lipinski definition) is 4. The van der Waals surface area contributed by atoms with E-state index in [1.54, 1.807) is 0 Å². The molecule has 4 nitrogen and oxygen atoms in total. The molecule has 0 aliphatic carbocycles. The molecule has 160 valence electrons. The summed E-state index contributed by atoms with van der Waals surface area (Å²) in [5, 5.41) is 3.14. The first-order chi connectivity index (χ1) is 14.8. The first kappa shape index (κ1) is 21.4. The third-order valence-electron chi connectivity index (χ3n) is 6.18. The zero-order valence-electron chi connectivity index (χ0n) is 17.8. The van der Waals surface area contributed by atoms with E-state index in [-0.39, 0.29) is 5.91 Å². The molecule has 1 atom stereocenters. The van der Waals surface area contributed by atoms with E-state index < -0.39 is 0 Å². The Hall–Kier alpha value is -1.82. The summed E-state index contributed by atoms with van der Waals surface area (Å²) in [6.07, 6.45) is 4.60. The number of hydrogen-bond donors (Lipinski definition) is 1. The Kier molecular flexibility index (Phi) is 7.84. The molecule has 2 aliphatic heterocycles. The number of anilines is 1. The molecule has 2 aliphatic rings. The third-order valence-corrected chi connectivity index (χ3v) is 7.12. The number of nitrogens with one attached hydrogen (secondary N) is 1. The summed E-state index contributed by atoms with van der Waals surface area (Å²) in [7, 11) is 0. The van der Waals surface area contributed by atoms with E-state index in [2.05, 4.69) is 63.6 Å². The van der Waals surface area contributed by atoms with Gasteiger partial charge in [0, 0.05) is 42.9 Å². The van der Waals surface area contributed by atoms with Crippen LogP contribution in [0.5, 0.6) is 0 Å². The van der Waals surface area contributed by atoms with Gasteiger partial charge in [0.2, 0.25) is 5.91 Å². The average molecular weight is 424 g/mol. The minimum absolute atomic E-state index is 0.105. The van der Waals surface area contributed by atoms with Crippen molar-refractivity contribution in [1.29, 1.82) is 0 Å². The number of nitrogens with zero attached hydrogens (tertiary/aromatic N) is 2. The molecule has 0 aromatic heterocycles. The Balaban J connectivity index is 1.26. The van der Waals surface area contributed by atoms with Crippen LogP contribution in [0.2, 0.25) is 0 Å². The Labute approximate surface area is 185 Å². The summed E-state index contributed by atoms with van der Waals surface area (Å²) in [4.78, 5) is 17.6. The lowest BCUT2D eigenvalue weighted by Crippen LogP contribution is -2.37. The van der Waals surface area contributed by atoms with Gasteiger partial charge in [0.25, 0.3) is 0 Å². The van der Waals surface area contributed by atoms with Crippen molar-refractivity contribution in [2.75, 3.05) is 43.0 Å². The van der Waals surface area contributed by atoms with E-state index in [4.69, 9.17) is 0 Å². The van der Waals surface area contributed by atoms with Crippen molar-refractivity contribution in [2.45, 2.75) is 38.3 Å². The predicted octanol–water partition coefficient (Wildman–Crippen LogP) is 4.27. The van der Waals surface area contributed by atoms with Crippen LogP contribution in [0.15, 0.2) is 54.6 Å². The second kappa shape index (κ2) is 11.0. The van der Waals surface area contributed by atoms with E-state index in [9.17, 15) is 4.79 Å². The summed E-state index contributed by atoms with van der Waals surface area (Å²) in [5.41, 5.74) is 3.59. The molecule has 2 heterocycles. The first-order valence-electron chi connectivity index (χ1n) is 11.2. The summed E-state index contributed by atoms with van der Waals surface area (Å²) < 4.78 is 0. The van der Waals surface area contributed by atoms with Gasteiger partial charge in [-0.2, -0.15) is 11.8 Å². The van der Waals surface area contributed by atoms with Crippen molar-refractivity contribution < 1.29 is 4.79 Å². The molecule has 2 aromatic carbocycles. The smallest absolute Gasteiger partial charge is 0.238 e. The van der Waals surface area contributed by atoms with Crippen LogP contribution in [-0.4, -0.2) is 59.4 Å². The molecule has 0 bridgehead atoms. The molecule has 5 heteroatoms. The highest BCUT2D eigenvalue weighted by atomic mass is 32.2. The Morgan fingerprint density at radius 3 is 2.63 bits per heavy atom. The molecular formula is C25H33N3OS. The molecule has 2 saturated heterocycles. The molecule has 0 saturated carbocycles. The van der Waals surface area contributed by atoms with Crippen LogP contribution in [0.4, 0.5) is 5.69 Å². The highest BCUT2D eigenvalue weighted by Gasteiger charge is 2.26. The number of carbonyl (C=O) groups excluding carboxylic acids is 1. The lowest BCUT2D eigenvalue weighted by atomic mass is 10.0. The number of aryl methyl sites for hydroxylation is 1. The molecule has 30 heavy (non-hydrogen) atoms. The highest BCUT2D eigenvalue weighted by molar-refractivity contribution is 7.99. The molecule has 1 amide bonds. The Bertz CT molecular complexity index is 807. The zero-order valence-corrected chi connectivity index (χ0v) is 18.6. The molecule has 1 N–H and O–H groups in total. The second-order valence-electron chi connectivity index (χ2n) is 8.43. The van der Waals surface area contributed by atoms with E-state index in [1.165, 1.54) is 35.5 Å². The van der Waals surface area contributed by atoms with Gasteiger partial charge in [-0.1, -0.05) is 42.5 Å². The van der Waals surface area contributed by atoms with Crippen LogP contribution >= 0.6 is 11.8 Å². The van der Waals surface area contributed by atoms with Gasteiger partial charge in [-0.15, -0.1) is 0 Å². The van der Waals surface area contributed by atoms with Gasteiger partial charge in [0.05, 0.1) is 6.54 Å². The number of likely N-dealkylation sites (tertiary alicyclic amines) is 1. The quantitative estimate of drug-likeness (QED) is 0.688. The SMILES string of the molecule is O=C(CN1CCCC1CCc1ccccc1)Nc1cccc(CN2CCSCC2)c1. The maximum absolute atomic E-state index is 12.7. The number of thioether (sulfide) groups is 1. The van der Waals surface area contributed by atoms with Crippen molar-refractivity contribution in [3.8, 4) is 0 Å². The first-order valence-corrected chi connectivity index (χ1v) is 12.4. The van der Waals surface area contributed by atoms with Gasteiger partial charge in [-0.25, -0.2) is 0 Å². The minimum atomic E-state index is 0.105. The van der Waals surface area contributed by atoms with Gasteiger partial charge >= 0.3 is 0 Å². The fourth-order valence-electron chi connectivity index (χ4n) is 4.56. The number of carbonyl (C=O) groups is 1. The summed E-state index contributed by atoms with van der Waals surface area (Å²) in [6.45, 7) is 4.80. The number of benzene rings is 2. The van der Waals surface area contributed by atoms with Crippen LogP contribution in [0, 0.1) is 0 Å². The van der Waals surface area contributed by atoms with Crippen LogP contribution in [0.3, 0.4) is 0 Å². The van der Waals surface area contributed by atoms with Crippen molar-refractivity contribution >= 4 is 23.4 Å². The minimum Gasteiger partial charge on any atom is -0.325 e. The molecule has 4 rings (SSSR count). The standard InChI is InChI=1S/C25H33N3OS/c29-25(20-28-13-5-10-24(28)12-11-21-6-2-1-3-7-21)26-23-9-4-8-22(18-23)19-27-14-16-30-17-15-27/h1-4,6-9,18,24H,5,10-17,19-20H2,(H,26,29). The molecule has 2 fully saturated rings. The molecule has 2 aromatic rings. The number of rotatable bonds is 8. The topological polar surface area (TPSA) is 35.6 Å². The number of amides is 1. The van der Waals surface area contributed by atoms with Gasteiger partial charge < -0.3 is 5.32 Å². The van der Waals surface area contributed by atoms with Gasteiger partial charge in [-0.05, 0) is 55.5 Å². The fraction of sp³-hybridized carbons (Fsp3) is 0.480. The second-order valence-corrected chi connectivity index (χ2v) is 9.65. The van der Waals surface area contributed by atoms with Gasteiger partial charge in [0.15, 0.2) is 0 Å².